The fourth-order valence-electron chi connectivity index (χ4n) is 6.89. The minimum atomic E-state index is 0.213. The van der Waals surface area contributed by atoms with Gasteiger partial charge in [0.25, 0.3) is 0 Å². The lowest BCUT2D eigenvalue weighted by molar-refractivity contribution is 0.589. The average Bonchev–Trinajstić information content (AvgIpc) is 3.91. The average molecular weight is 795 g/mol. The Morgan fingerprint density at radius 1 is 0.475 bits per heavy atom. The van der Waals surface area contributed by atoms with Crippen molar-refractivity contribution < 1.29 is 0 Å². The van der Waals surface area contributed by atoms with Crippen molar-refractivity contribution in [2.75, 3.05) is 0 Å². The zero-order chi connectivity index (χ0) is 44.0. The lowest BCUT2D eigenvalue weighted by Crippen LogP contribution is -2.10. The molecule has 3 heterocycles. The molecular weight excluding hydrogens is 717 g/mol. The molecule has 0 amide bonds. The molecule has 2 N–H and O–H groups in total. The minimum Gasteiger partial charge on any atom is -0.358 e. The quantitative estimate of drug-likeness (QED) is 0.173. The summed E-state index contributed by atoms with van der Waals surface area (Å²) in [5, 5.41) is 1.32. The Morgan fingerprint density at radius 3 is 1.51 bits per heavy atom. The molecule has 0 bridgehead atoms. The predicted octanol–water partition coefficient (Wildman–Crippen LogP) is 16.6. The van der Waals surface area contributed by atoms with Gasteiger partial charge in [-0.1, -0.05) is 179 Å². The lowest BCUT2D eigenvalue weighted by atomic mass is 9.86. The first-order chi connectivity index (χ1) is 27.4. The van der Waals surface area contributed by atoms with Gasteiger partial charge in [0.15, 0.2) is 0 Å². The molecule has 2 aromatic heterocycles. The molecule has 318 valence electrons. The number of aromatic amines is 2. The van der Waals surface area contributed by atoms with E-state index in [2.05, 4.69) is 225 Å². The maximum atomic E-state index is 4.74. The van der Waals surface area contributed by atoms with Crippen LogP contribution in [0.5, 0.6) is 0 Å². The maximum Gasteiger partial charge on any atom is 0.109 e. The molecule has 4 nitrogen and oxygen atoms in total. The summed E-state index contributed by atoms with van der Waals surface area (Å²) in [6, 6.07) is 31.2. The number of aliphatic imine (C=N–C) groups is 1. The first-order valence-corrected chi connectivity index (χ1v) is 22.4. The summed E-state index contributed by atoms with van der Waals surface area (Å²) < 4.78 is 0. The van der Waals surface area contributed by atoms with Crippen molar-refractivity contribution in [1.82, 2.24) is 15.0 Å². The Balaban J connectivity index is 0.000000174. The van der Waals surface area contributed by atoms with Crippen LogP contribution < -0.4 is 0 Å². The van der Waals surface area contributed by atoms with Gasteiger partial charge in [-0.05, 0) is 110 Å². The second-order valence-electron chi connectivity index (χ2n) is 20.6. The van der Waals surface area contributed by atoms with E-state index in [4.69, 9.17) is 4.99 Å². The number of rotatable bonds is 6. The molecule has 0 saturated heterocycles. The highest BCUT2D eigenvalue weighted by molar-refractivity contribution is 5.95. The van der Waals surface area contributed by atoms with Gasteiger partial charge in [0, 0.05) is 29.3 Å². The van der Waals surface area contributed by atoms with Gasteiger partial charge in [0.2, 0.25) is 0 Å². The van der Waals surface area contributed by atoms with Crippen LogP contribution in [0, 0.1) is 5.92 Å². The Hall–Kier alpha value is -4.44. The van der Waals surface area contributed by atoms with E-state index in [1.807, 2.05) is 0 Å². The summed E-state index contributed by atoms with van der Waals surface area (Å²) in [5.41, 5.74) is 16.2. The first kappa shape index (κ1) is 47.2. The second kappa shape index (κ2) is 19.7. The second-order valence-corrected chi connectivity index (χ2v) is 20.6. The van der Waals surface area contributed by atoms with E-state index in [1.54, 1.807) is 0 Å². The number of hydrogen-bond acceptors (Lipinski definition) is 2. The van der Waals surface area contributed by atoms with Crippen LogP contribution in [0.25, 0.3) is 21.9 Å². The highest BCUT2D eigenvalue weighted by Crippen LogP contribution is 2.34. The molecule has 4 heteroatoms. The molecule has 0 radical (unpaired) electrons. The molecule has 6 aromatic rings. The third kappa shape index (κ3) is 13.0. The van der Waals surface area contributed by atoms with E-state index < -0.39 is 0 Å². The molecule has 0 unspecified atom stereocenters. The Kier molecular flexibility index (Phi) is 15.8. The maximum absolute atomic E-state index is 4.74. The van der Waals surface area contributed by atoms with Gasteiger partial charge in [-0.15, -0.1) is 0 Å². The van der Waals surface area contributed by atoms with Crippen LogP contribution in [-0.2, 0) is 17.3 Å². The van der Waals surface area contributed by atoms with Crippen LogP contribution in [0.1, 0.15) is 199 Å². The summed E-state index contributed by atoms with van der Waals surface area (Å²) in [6.45, 7) is 40.0. The van der Waals surface area contributed by atoms with Crippen molar-refractivity contribution in [3.8, 4) is 0 Å². The van der Waals surface area contributed by atoms with Crippen LogP contribution in [-0.4, -0.2) is 20.7 Å². The zero-order valence-corrected chi connectivity index (χ0v) is 40.1. The Morgan fingerprint density at radius 2 is 1.00 bits per heavy atom. The molecule has 0 spiro atoms. The number of benzene rings is 4. The summed E-state index contributed by atoms with van der Waals surface area (Å²) in [7, 11) is 0. The van der Waals surface area contributed by atoms with Gasteiger partial charge in [0.1, 0.15) is 5.82 Å². The van der Waals surface area contributed by atoms with Gasteiger partial charge >= 0.3 is 0 Å². The molecule has 1 aliphatic heterocycles. The smallest absolute Gasteiger partial charge is 0.109 e. The van der Waals surface area contributed by atoms with E-state index in [9.17, 15) is 0 Å². The van der Waals surface area contributed by atoms with E-state index in [0.29, 0.717) is 35.5 Å². The number of imidazole rings is 1. The van der Waals surface area contributed by atoms with Crippen molar-refractivity contribution in [3.63, 3.8) is 0 Å². The number of nitrogens with zero attached hydrogens (tertiary/aromatic N) is 2. The van der Waals surface area contributed by atoms with Crippen LogP contribution in [0.2, 0.25) is 0 Å². The van der Waals surface area contributed by atoms with Crippen molar-refractivity contribution >= 4 is 33.3 Å². The van der Waals surface area contributed by atoms with Gasteiger partial charge in [-0.25, -0.2) is 4.98 Å². The van der Waals surface area contributed by atoms with E-state index >= 15 is 0 Å². The summed E-state index contributed by atoms with van der Waals surface area (Å²) in [6.07, 6.45) is 1.04. The van der Waals surface area contributed by atoms with Crippen molar-refractivity contribution in [2.45, 2.75) is 171 Å². The van der Waals surface area contributed by atoms with Gasteiger partial charge in [0.05, 0.1) is 16.7 Å². The van der Waals surface area contributed by atoms with Crippen LogP contribution in [0.4, 0.5) is 5.69 Å². The minimum absolute atomic E-state index is 0.213. The number of H-pyrrole nitrogens is 2. The molecular formula is C55H78N4. The molecule has 7 rings (SSSR count). The van der Waals surface area contributed by atoms with Crippen LogP contribution in [0.3, 0.4) is 0 Å². The van der Waals surface area contributed by atoms with Crippen LogP contribution >= 0.6 is 0 Å². The monoisotopic (exact) mass is 795 g/mol. The molecule has 0 saturated carbocycles. The number of fused-ring (bicyclic) bond motifs is 3. The van der Waals surface area contributed by atoms with E-state index in [-0.39, 0.29) is 10.8 Å². The van der Waals surface area contributed by atoms with Crippen LogP contribution in [0.15, 0.2) is 89.9 Å². The molecule has 0 aliphatic carbocycles. The summed E-state index contributed by atoms with van der Waals surface area (Å²) in [5.74, 6) is 4.46. The third-order valence-electron chi connectivity index (χ3n) is 11.4. The van der Waals surface area contributed by atoms with Crippen molar-refractivity contribution in [3.05, 3.63) is 130 Å². The molecule has 4 aromatic carbocycles. The standard InChI is InChI=1S/C15H21N.C14H19N.C13H18N2.C13H20/c1-10(2)13-8-11-6-7-12(15(3,4)5)9-14(11)16-13;1-9(2)11-5-6-12-8-13(10(3)4)15-14(12)7-11;1-8(2)10-5-6-11-12(7-10)15-13(14-11)9(3)4;1-10(2)11-6-8-12(9-7-11)13(3,4)5/h6-7,9-10H,8H2,1-5H3;5-10,15H,1-4H3;5-9H,1-4H3,(H,14,15);6-10H,1-5H3. The largest absolute Gasteiger partial charge is 0.358 e. The normalized spacial score (nSPS) is 12.8. The number of hydrogen-bond donors (Lipinski definition) is 2. The Labute approximate surface area is 359 Å². The topological polar surface area (TPSA) is 56.8 Å². The molecule has 0 atom stereocenters. The summed E-state index contributed by atoms with van der Waals surface area (Å²) >= 11 is 0. The summed E-state index contributed by atoms with van der Waals surface area (Å²) in [4.78, 5) is 16.2. The van der Waals surface area contributed by atoms with E-state index in [0.717, 1.165) is 23.3 Å². The highest BCUT2D eigenvalue weighted by Gasteiger charge is 2.21. The Bertz CT molecular complexity index is 2170. The molecule has 1 aliphatic rings. The highest BCUT2D eigenvalue weighted by atomic mass is 14.9. The first-order valence-electron chi connectivity index (χ1n) is 22.4. The van der Waals surface area contributed by atoms with Gasteiger partial charge < -0.3 is 9.97 Å². The number of nitrogens with one attached hydrogen (secondary N) is 2. The zero-order valence-electron chi connectivity index (χ0n) is 40.1. The van der Waals surface area contributed by atoms with Gasteiger partial charge in [-0.2, -0.15) is 0 Å². The van der Waals surface area contributed by atoms with Crippen molar-refractivity contribution in [1.29, 1.82) is 0 Å². The molecule has 0 fully saturated rings. The fourth-order valence-corrected chi connectivity index (χ4v) is 6.89. The third-order valence-corrected chi connectivity index (χ3v) is 11.4. The predicted molar refractivity (Wildman–Crippen MR) is 261 cm³/mol. The molecule has 59 heavy (non-hydrogen) atoms. The van der Waals surface area contributed by atoms with Gasteiger partial charge in [-0.3, -0.25) is 4.99 Å². The number of aromatic nitrogens is 3. The van der Waals surface area contributed by atoms with E-state index in [1.165, 1.54) is 61.4 Å². The lowest BCUT2D eigenvalue weighted by Gasteiger charge is -2.19. The van der Waals surface area contributed by atoms with Crippen molar-refractivity contribution in [2.24, 2.45) is 10.9 Å². The fraction of sp³-hybridized carbons (Fsp3) is 0.491. The SMILES string of the molecule is CC(C)C1=Nc2cc(C(C)(C)C)ccc2C1.CC(C)c1ccc(C(C)(C)C)cc1.CC(C)c1ccc2cc(C(C)C)[nH]c2c1.CC(C)c1ccc2nc(C(C)C)[nH]c2c1.